The number of rotatable bonds is 5. The van der Waals surface area contributed by atoms with Crippen molar-refractivity contribution >= 4 is 29.9 Å². The number of benzene rings is 1. The van der Waals surface area contributed by atoms with Crippen LogP contribution in [0.2, 0.25) is 5.02 Å². The third-order valence-corrected chi connectivity index (χ3v) is 3.21. The normalized spacial score (nSPS) is 12.3. The summed E-state index contributed by atoms with van der Waals surface area (Å²) in [6.07, 6.45) is -0.591. The second-order valence-corrected chi connectivity index (χ2v) is 5.66. The Kier molecular flexibility index (Phi) is 7.34. The molecule has 0 saturated carbocycles. The van der Waals surface area contributed by atoms with Crippen LogP contribution in [0.5, 0.6) is 5.75 Å². The molecule has 0 aliphatic heterocycles. The number of halogens is 2. The first-order chi connectivity index (χ1) is 8.75. The molecular formula is C14H22Cl2N2O2. The first-order valence-electron chi connectivity index (χ1n) is 6.20. The minimum atomic E-state index is -0.591. The van der Waals surface area contributed by atoms with Gasteiger partial charge in [0.15, 0.2) is 6.10 Å². The third kappa shape index (κ3) is 5.57. The zero-order valence-electron chi connectivity index (χ0n) is 12.2. The zero-order chi connectivity index (χ0) is 14.6. The van der Waals surface area contributed by atoms with Crippen LogP contribution in [0.4, 0.5) is 0 Å². The van der Waals surface area contributed by atoms with Crippen molar-refractivity contribution in [1.82, 2.24) is 5.32 Å². The topological polar surface area (TPSA) is 64.3 Å². The Balaban J connectivity index is 0.00000361. The van der Waals surface area contributed by atoms with Crippen LogP contribution in [0, 0.1) is 6.92 Å². The lowest BCUT2D eigenvalue weighted by Gasteiger charge is -2.26. The van der Waals surface area contributed by atoms with E-state index in [9.17, 15) is 4.79 Å². The van der Waals surface area contributed by atoms with Crippen molar-refractivity contribution < 1.29 is 9.53 Å². The molecule has 1 rings (SSSR count). The number of carbonyl (C=O) groups excluding carboxylic acids is 1. The summed E-state index contributed by atoms with van der Waals surface area (Å²) in [6, 6.07) is 5.30. The summed E-state index contributed by atoms with van der Waals surface area (Å²) >= 11 is 5.94. The average Bonchev–Trinajstić information content (AvgIpc) is 2.33. The molecule has 4 nitrogen and oxygen atoms in total. The lowest BCUT2D eigenvalue weighted by Crippen LogP contribution is -2.52. The van der Waals surface area contributed by atoms with Gasteiger partial charge in [0.2, 0.25) is 0 Å². The number of aryl methyl sites for hydroxylation is 1. The predicted octanol–water partition coefficient (Wildman–Crippen LogP) is 2.69. The van der Waals surface area contributed by atoms with Crippen LogP contribution in [0.1, 0.15) is 26.3 Å². The first-order valence-corrected chi connectivity index (χ1v) is 6.58. The van der Waals surface area contributed by atoms with Crippen LogP contribution in [0.25, 0.3) is 0 Å². The van der Waals surface area contributed by atoms with Gasteiger partial charge in [-0.05, 0) is 51.5 Å². The molecule has 0 aromatic heterocycles. The maximum Gasteiger partial charge on any atom is 0.261 e. The largest absolute Gasteiger partial charge is 0.481 e. The van der Waals surface area contributed by atoms with Crippen LogP contribution in [0.15, 0.2) is 18.2 Å². The molecule has 20 heavy (non-hydrogen) atoms. The molecule has 0 bridgehead atoms. The van der Waals surface area contributed by atoms with E-state index in [0.717, 1.165) is 5.56 Å². The number of amides is 1. The van der Waals surface area contributed by atoms with Gasteiger partial charge in [-0.2, -0.15) is 0 Å². The lowest BCUT2D eigenvalue weighted by atomic mass is 10.1. The van der Waals surface area contributed by atoms with Gasteiger partial charge < -0.3 is 15.8 Å². The highest BCUT2D eigenvalue weighted by molar-refractivity contribution is 6.31. The van der Waals surface area contributed by atoms with Crippen LogP contribution < -0.4 is 15.8 Å². The predicted molar refractivity (Wildman–Crippen MR) is 84.8 cm³/mol. The summed E-state index contributed by atoms with van der Waals surface area (Å²) in [5, 5.41) is 3.51. The van der Waals surface area contributed by atoms with Gasteiger partial charge in [0.05, 0.1) is 0 Å². The fraction of sp³-hybridized carbons (Fsp3) is 0.500. The molecule has 3 N–H and O–H groups in total. The van der Waals surface area contributed by atoms with Gasteiger partial charge in [-0.25, -0.2) is 0 Å². The molecule has 0 fully saturated rings. The molecule has 0 aliphatic carbocycles. The highest BCUT2D eigenvalue weighted by atomic mass is 35.5. The van der Waals surface area contributed by atoms with E-state index in [0.29, 0.717) is 17.3 Å². The van der Waals surface area contributed by atoms with E-state index in [1.807, 2.05) is 20.8 Å². The average molecular weight is 321 g/mol. The summed E-state index contributed by atoms with van der Waals surface area (Å²) in [4.78, 5) is 12.0. The quantitative estimate of drug-likeness (QED) is 0.876. The Hall–Kier alpha value is -0.970. The molecular weight excluding hydrogens is 299 g/mol. The number of hydrogen-bond donors (Lipinski definition) is 2. The van der Waals surface area contributed by atoms with Gasteiger partial charge in [-0.1, -0.05) is 11.6 Å². The van der Waals surface area contributed by atoms with Crippen molar-refractivity contribution in [1.29, 1.82) is 0 Å². The summed E-state index contributed by atoms with van der Waals surface area (Å²) in [7, 11) is 0. The highest BCUT2D eigenvalue weighted by Crippen LogP contribution is 2.21. The van der Waals surface area contributed by atoms with Crippen molar-refractivity contribution in [2.45, 2.75) is 39.3 Å². The maximum absolute atomic E-state index is 12.0. The Morgan fingerprint density at radius 3 is 2.60 bits per heavy atom. The fourth-order valence-corrected chi connectivity index (χ4v) is 1.55. The van der Waals surface area contributed by atoms with E-state index >= 15 is 0 Å². The molecule has 6 heteroatoms. The van der Waals surface area contributed by atoms with Gasteiger partial charge in [-0.15, -0.1) is 12.4 Å². The van der Waals surface area contributed by atoms with Gasteiger partial charge >= 0.3 is 0 Å². The molecule has 0 saturated heterocycles. The summed E-state index contributed by atoms with van der Waals surface area (Å²) in [5.41, 5.74) is 6.04. The van der Waals surface area contributed by atoms with Crippen molar-refractivity contribution in [3.63, 3.8) is 0 Å². The molecule has 1 aromatic carbocycles. The highest BCUT2D eigenvalue weighted by Gasteiger charge is 2.23. The first kappa shape index (κ1) is 19.0. The van der Waals surface area contributed by atoms with Crippen LogP contribution in [-0.2, 0) is 4.79 Å². The SMILES string of the molecule is Cc1cc(OC(C)C(=O)NC(C)(C)CN)ccc1Cl.Cl. The molecule has 0 aliphatic rings. The van der Waals surface area contributed by atoms with Gasteiger partial charge in [-0.3, -0.25) is 4.79 Å². The number of nitrogens with two attached hydrogens (primary N) is 1. The second-order valence-electron chi connectivity index (χ2n) is 5.25. The van der Waals surface area contributed by atoms with E-state index in [4.69, 9.17) is 22.1 Å². The fourth-order valence-electron chi connectivity index (χ4n) is 1.43. The standard InChI is InChI=1S/C14H21ClN2O2.ClH/c1-9-7-11(5-6-12(9)15)19-10(2)13(18)17-14(3,4)8-16;/h5-7,10H,8,16H2,1-4H3,(H,17,18);1H. The number of hydrogen-bond acceptors (Lipinski definition) is 3. The van der Waals surface area contributed by atoms with Gasteiger partial charge in [0.25, 0.3) is 5.91 Å². The summed E-state index contributed by atoms with van der Waals surface area (Å²) in [6.45, 7) is 7.68. The third-order valence-electron chi connectivity index (χ3n) is 2.78. The van der Waals surface area contributed by atoms with Crippen LogP contribution in [-0.4, -0.2) is 24.1 Å². The van der Waals surface area contributed by atoms with Gasteiger partial charge in [0, 0.05) is 17.1 Å². The summed E-state index contributed by atoms with van der Waals surface area (Å²) in [5.74, 6) is 0.429. The Morgan fingerprint density at radius 2 is 2.10 bits per heavy atom. The maximum atomic E-state index is 12.0. The van der Waals surface area contributed by atoms with Gasteiger partial charge in [0.1, 0.15) is 5.75 Å². The Morgan fingerprint density at radius 1 is 1.50 bits per heavy atom. The Bertz CT molecular complexity index is 464. The molecule has 0 heterocycles. The van der Waals surface area contributed by atoms with Crippen molar-refractivity contribution in [3.05, 3.63) is 28.8 Å². The second kappa shape index (κ2) is 7.72. The van der Waals surface area contributed by atoms with Crippen LogP contribution in [0.3, 0.4) is 0 Å². The minimum Gasteiger partial charge on any atom is -0.481 e. The molecule has 0 radical (unpaired) electrons. The number of nitrogens with one attached hydrogen (secondary N) is 1. The van der Waals surface area contributed by atoms with Crippen molar-refractivity contribution in [2.24, 2.45) is 5.73 Å². The van der Waals surface area contributed by atoms with Crippen LogP contribution >= 0.6 is 24.0 Å². The molecule has 1 unspecified atom stereocenters. The molecule has 114 valence electrons. The minimum absolute atomic E-state index is 0. The number of carbonyl (C=O) groups is 1. The smallest absolute Gasteiger partial charge is 0.261 e. The molecule has 1 amide bonds. The van der Waals surface area contributed by atoms with Crippen molar-refractivity contribution in [3.8, 4) is 5.75 Å². The monoisotopic (exact) mass is 320 g/mol. The lowest BCUT2D eigenvalue weighted by molar-refractivity contribution is -0.128. The van der Waals surface area contributed by atoms with E-state index in [2.05, 4.69) is 5.32 Å². The summed E-state index contributed by atoms with van der Waals surface area (Å²) < 4.78 is 5.59. The van der Waals surface area contributed by atoms with Crippen molar-refractivity contribution in [2.75, 3.05) is 6.54 Å². The molecule has 1 aromatic rings. The molecule has 1 atom stereocenters. The van der Waals surface area contributed by atoms with E-state index in [1.165, 1.54) is 0 Å². The van der Waals surface area contributed by atoms with E-state index < -0.39 is 11.6 Å². The van der Waals surface area contributed by atoms with E-state index in [1.54, 1.807) is 25.1 Å². The zero-order valence-corrected chi connectivity index (χ0v) is 13.8. The Labute approximate surface area is 131 Å². The van der Waals surface area contributed by atoms with E-state index in [-0.39, 0.29) is 18.3 Å². The number of ether oxygens (including phenoxy) is 1. The molecule has 0 spiro atoms.